The number of rotatable bonds is 0. The Kier molecular flexibility index (Phi) is 10.5. The summed E-state index contributed by atoms with van der Waals surface area (Å²) < 4.78 is 13.5. The van der Waals surface area contributed by atoms with Gasteiger partial charge in [-0.15, -0.1) is 0 Å². The van der Waals surface area contributed by atoms with Crippen LogP contribution in [0.25, 0.3) is 0 Å². The Morgan fingerprint density at radius 2 is 0.760 bits per heavy atom. The first-order chi connectivity index (χ1) is 11.4. The second kappa shape index (κ2) is 11.8. The van der Waals surface area contributed by atoms with Gasteiger partial charge in [0.05, 0.1) is 18.8 Å². The van der Waals surface area contributed by atoms with E-state index in [4.69, 9.17) is 0 Å². The molecule has 0 spiro atoms. The van der Waals surface area contributed by atoms with Crippen LogP contribution in [0.3, 0.4) is 0 Å². The van der Waals surface area contributed by atoms with Crippen LogP contribution in [0, 0.1) is 0 Å². The van der Waals surface area contributed by atoms with E-state index in [9.17, 15) is 28.8 Å². The quantitative estimate of drug-likeness (QED) is 0.353. The maximum absolute atomic E-state index is 10.3. The van der Waals surface area contributed by atoms with E-state index in [-0.39, 0.29) is 39.6 Å². The molecule has 0 aromatic carbocycles. The fraction of sp³-hybridized carbons (Fsp3) is 0.200. The van der Waals surface area contributed by atoms with Crippen molar-refractivity contribution in [3.8, 4) is 0 Å². The molecule has 3 heterocycles. The molecule has 10 heteroatoms. The maximum Gasteiger partial charge on any atom is 3.00 e. The molecule has 0 saturated carbocycles. The molecule has 0 aliphatic carbocycles. The van der Waals surface area contributed by atoms with Crippen molar-refractivity contribution in [3.05, 3.63) is 37.0 Å². The molecule has 0 N–H and O–H groups in total. The van der Waals surface area contributed by atoms with Gasteiger partial charge < -0.3 is 14.2 Å². The Labute approximate surface area is 154 Å². The minimum absolute atomic E-state index is 0. The molecule has 0 amide bonds. The Morgan fingerprint density at radius 1 is 0.520 bits per heavy atom. The van der Waals surface area contributed by atoms with Crippen molar-refractivity contribution in [1.82, 2.24) is 0 Å². The summed E-state index contributed by atoms with van der Waals surface area (Å²) >= 11 is 0. The van der Waals surface area contributed by atoms with Crippen LogP contribution in [0.15, 0.2) is 37.0 Å². The van der Waals surface area contributed by atoms with Crippen LogP contribution in [-0.4, -0.2) is 74.3 Å². The summed E-state index contributed by atoms with van der Waals surface area (Å²) in [4.78, 5) is 61.6. The van der Waals surface area contributed by atoms with Crippen molar-refractivity contribution in [2.24, 2.45) is 0 Å². The van der Waals surface area contributed by atoms with Gasteiger partial charge >= 0.3 is 19.8 Å². The van der Waals surface area contributed by atoms with E-state index in [0.717, 1.165) is 18.2 Å². The summed E-state index contributed by atoms with van der Waals surface area (Å²) in [6, 6.07) is 0. The zero-order chi connectivity index (χ0) is 17.9. The zero-order valence-electron chi connectivity index (χ0n) is 12.8. The molecule has 3 rings (SSSR count). The minimum atomic E-state index is -0.479. The van der Waals surface area contributed by atoms with Crippen LogP contribution in [0.2, 0.25) is 0 Å². The monoisotopic (exact) mass is 405 g/mol. The van der Waals surface area contributed by atoms with Gasteiger partial charge in [-0.25, -0.2) is 0 Å². The molecule has 25 heavy (non-hydrogen) atoms. The van der Waals surface area contributed by atoms with E-state index in [0.29, 0.717) is 0 Å². The third-order valence-corrected chi connectivity index (χ3v) is 2.41. The van der Waals surface area contributed by atoms with Gasteiger partial charge in [0.2, 0.25) is 34.7 Å². The van der Waals surface area contributed by atoms with Crippen molar-refractivity contribution in [1.29, 1.82) is 0 Å². The number of allylic oxidation sites excluding steroid dienone is 3. The van der Waals surface area contributed by atoms with Gasteiger partial charge in [0.1, 0.15) is 0 Å². The summed E-state index contributed by atoms with van der Waals surface area (Å²) in [7, 11) is 0. The fourth-order valence-corrected chi connectivity index (χ4v) is 1.19. The molecule has 0 aromatic heterocycles. The van der Waals surface area contributed by atoms with E-state index < -0.39 is 34.7 Å². The second-order valence-electron chi connectivity index (χ2n) is 4.20. The van der Waals surface area contributed by atoms with Gasteiger partial charge in [0.15, 0.2) is 19.8 Å². The van der Waals surface area contributed by atoms with E-state index in [1.54, 1.807) is 0 Å². The molecule has 0 unspecified atom stereocenters. The largest absolute Gasteiger partial charge is 3.00 e. The number of ketones is 6. The first-order valence-electron chi connectivity index (χ1n) is 6.47. The van der Waals surface area contributed by atoms with Crippen LogP contribution in [-0.2, 0) is 43.0 Å². The number of hydrogen-bond donors (Lipinski definition) is 0. The Hall–Kier alpha value is -2.72. The van der Waals surface area contributed by atoms with Crippen LogP contribution in [0.5, 0.6) is 0 Å². The minimum Gasteiger partial charge on any atom is -0.493 e. The molecule has 3 aliphatic heterocycles. The third-order valence-electron chi connectivity index (χ3n) is 2.41. The molecular formula is C15H12GaO9+3. The zero-order valence-corrected chi connectivity index (χ0v) is 15.3. The SMILES string of the molecule is O=C1C=COCC1=O.O=C1C=COCC1=O.O=C1C=COCC1=O.[Ga+3]. The van der Waals surface area contributed by atoms with Crippen molar-refractivity contribution in [2.75, 3.05) is 19.8 Å². The van der Waals surface area contributed by atoms with E-state index in [2.05, 4.69) is 14.2 Å². The molecule has 0 radical (unpaired) electrons. The van der Waals surface area contributed by atoms with E-state index in [1.807, 2.05) is 0 Å². The topological polar surface area (TPSA) is 130 Å². The Balaban J connectivity index is 0.000000339. The molecule has 0 fully saturated rings. The van der Waals surface area contributed by atoms with E-state index in [1.165, 1.54) is 18.8 Å². The average molecular weight is 406 g/mol. The second-order valence-corrected chi connectivity index (χ2v) is 4.20. The van der Waals surface area contributed by atoms with Crippen molar-refractivity contribution in [3.63, 3.8) is 0 Å². The number of Topliss-reactive ketones (excluding diaryl/α,β-unsaturated/α-hetero) is 3. The molecule has 0 bridgehead atoms. The summed E-state index contributed by atoms with van der Waals surface area (Å²) in [5.41, 5.74) is 0. The van der Waals surface area contributed by atoms with Gasteiger partial charge in [-0.2, -0.15) is 0 Å². The van der Waals surface area contributed by atoms with Crippen LogP contribution < -0.4 is 0 Å². The van der Waals surface area contributed by atoms with Crippen LogP contribution in [0.1, 0.15) is 0 Å². The summed E-state index contributed by atoms with van der Waals surface area (Å²) in [6.45, 7) is -0.306. The number of carbonyl (C=O) groups excluding carboxylic acids is 6. The molecule has 0 atom stereocenters. The Morgan fingerprint density at radius 3 is 0.880 bits per heavy atom. The number of hydrogen-bond acceptors (Lipinski definition) is 9. The summed E-state index contributed by atoms with van der Waals surface area (Å²) in [5.74, 6) is -2.86. The standard InChI is InChI=1S/3C5H4O3.Ga/c3*6-4-1-2-8-3-5(4)7;/h3*1-2H,3H2;/q;;;+3. The number of carbonyl (C=O) groups is 6. The van der Waals surface area contributed by atoms with Gasteiger partial charge in [-0.1, -0.05) is 0 Å². The molecular weight excluding hydrogens is 394 g/mol. The van der Waals surface area contributed by atoms with Crippen molar-refractivity contribution >= 4 is 54.5 Å². The third kappa shape index (κ3) is 8.62. The normalized spacial score (nSPS) is 17.8. The van der Waals surface area contributed by atoms with Crippen molar-refractivity contribution < 1.29 is 43.0 Å². The predicted molar refractivity (Wildman–Crippen MR) is 81.1 cm³/mol. The molecule has 0 aromatic rings. The summed E-state index contributed by atoms with van der Waals surface area (Å²) in [6.07, 6.45) is 7.03. The average Bonchev–Trinajstić information content (AvgIpc) is 2.57. The first kappa shape index (κ1) is 22.3. The predicted octanol–water partition coefficient (Wildman–Crippen LogP) is -1.38. The van der Waals surface area contributed by atoms with Gasteiger partial charge in [0.25, 0.3) is 0 Å². The Bertz CT molecular complexity index is 568. The molecule has 0 saturated heterocycles. The number of ether oxygens (including phenoxy) is 3. The molecule has 126 valence electrons. The van der Waals surface area contributed by atoms with E-state index >= 15 is 0 Å². The van der Waals surface area contributed by atoms with Gasteiger partial charge in [0, 0.05) is 18.2 Å². The maximum atomic E-state index is 10.3. The summed E-state index contributed by atoms with van der Waals surface area (Å²) in [5, 5.41) is 0. The fourth-order valence-electron chi connectivity index (χ4n) is 1.19. The van der Waals surface area contributed by atoms with Crippen LogP contribution >= 0.6 is 0 Å². The first-order valence-corrected chi connectivity index (χ1v) is 6.47. The van der Waals surface area contributed by atoms with Crippen LogP contribution in [0.4, 0.5) is 0 Å². The van der Waals surface area contributed by atoms with Crippen molar-refractivity contribution in [2.45, 2.75) is 0 Å². The molecule has 3 aliphatic rings. The van der Waals surface area contributed by atoms with Gasteiger partial charge in [-0.3, -0.25) is 28.8 Å². The smallest absolute Gasteiger partial charge is 0.493 e. The molecule has 9 nitrogen and oxygen atoms in total. The van der Waals surface area contributed by atoms with Gasteiger partial charge in [-0.05, 0) is 0 Å².